The first-order valence-electron chi connectivity index (χ1n) is 13.5. The van der Waals surface area contributed by atoms with E-state index < -0.39 is 17.8 Å². The predicted octanol–water partition coefficient (Wildman–Crippen LogP) is 4.55. The van der Waals surface area contributed by atoms with Crippen LogP contribution in [0.2, 0.25) is 0 Å². The fraction of sp³-hybridized carbons (Fsp3) is 0.483. The van der Waals surface area contributed by atoms with Crippen LogP contribution in [0.4, 0.5) is 13.2 Å². The molecule has 3 aliphatic heterocycles. The van der Waals surface area contributed by atoms with Crippen LogP contribution in [0.3, 0.4) is 0 Å². The first kappa shape index (κ1) is 27.2. The summed E-state index contributed by atoms with van der Waals surface area (Å²) < 4.78 is 43.7. The van der Waals surface area contributed by atoms with Gasteiger partial charge in [0.1, 0.15) is 11.8 Å². The minimum atomic E-state index is -4.23. The lowest BCUT2D eigenvalue weighted by Gasteiger charge is -2.29. The standard InChI is InChI=1S/C19H22N2O4.C10H10F3N/c22-17-9-8-16(18(23)20-17)21-11-12-10-14(6-7-15(12)19(21)24)25-13-4-2-1-3-5-13;11-10(12,13)9-4-2-1-3-8(9)7-5-14-6-7/h6-7,10,13,16H,1-5,8-9,11H2,(H,20,22,23);1-4,7,14H,5-6H2. The zero-order valence-corrected chi connectivity index (χ0v) is 21.6. The average Bonchev–Trinajstić information content (AvgIpc) is 3.19. The second kappa shape index (κ2) is 11.4. The van der Waals surface area contributed by atoms with Gasteiger partial charge in [-0.3, -0.25) is 19.7 Å². The molecule has 0 bridgehead atoms. The van der Waals surface area contributed by atoms with Crippen molar-refractivity contribution >= 4 is 17.7 Å². The summed E-state index contributed by atoms with van der Waals surface area (Å²) in [5, 5.41) is 5.29. The Balaban J connectivity index is 0.000000186. The lowest BCUT2D eigenvalue weighted by Crippen LogP contribution is -2.52. The second-order valence-corrected chi connectivity index (χ2v) is 10.5. The molecule has 1 atom stereocenters. The van der Waals surface area contributed by atoms with E-state index in [1.165, 1.54) is 25.3 Å². The first-order valence-corrected chi connectivity index (χ1v) is 13.5. The van der Waals surface area contributed by atoms with Crippen LogP contribution in [0.1, 0.15) is 77.9 Å². The number of ether oxygens (including phenoxy) is 1. The molecule has 0 aromatic heterocycles. The number of piperidine rings is 1. The molecule has 6 rings (SSSR count). The smallest absolute Gasteiger partial charge is 0.416 e. The normalized spacial score (nSPS) is 22.0. The summed E-state index contributed by atoms with van der Waals surface area (Å²) in [4.78, 5) is 37.6. The largest absolute Gasteiger partial charge is 0.490 e. The summed E-state index contributed by atoms with van der Waals surface area (Å²) in [6.07, 6.45) is 2.54. The van der Waals surface area contributed by atoms with Crippen LogP contribution >= 0.6 is 0 Å². The van der Waals surface area contributed by atoms with E-state index in [0.717, 1.165) is 30.2 Å². The van der Waals surface area contributed by atoms with Crippen molar-refractivity contribution in [1.29, 1.82) is 0 Å². The maximum atomic E-state index is 12.6. The number of hydrogen-bond donors (Lipinski definition) is 2. The second-order valence-electron chi connectivity index (χ2n) is 10.5. The summed E-state index contributed by atoms with van der Waals surface area (Å²) in [5.74, 6) is 0.0229. The summed E-state index contributed by atoms with van der Waals surface area (Å²) >= 11 is 0. The Kier molecular flexibility index (Phi) is 7.93. The highest BCUT2D eigenvalue weighted by Gasteiger charge is 2.39. The number of carbonyl (C=O) groups is 3. The highest BCUT2D eigenvalue weighted by molar-refractivity contribution is 6.05. The Morgan fingerprint density at radius 2 is 1.67 bits per heavy atom. The Morgan fingerprint density at radius 1 is 0.923 bits per heavy atom. The van der Waals surface area contributed by atoms with Gasteiger partial charge in [0.15, 0.2) is 0 Å². The van der Waals surface area contributed by atoms with E-state index in [2.05, 4.69) is 10.6 Å². The van der Waals surface area contributed by atoms with E-state index in [0.29, 0.717) is 37.2 Å². The molecular weight excluding hydrogens is 511 g/mol. The van der Waals surface area contributed by atoms with Gasteiger partial charge >= 0.3 is 6.18 Å². The predicted molar refractivity (Wildman–Crippen MR) is 137 cm³/mol. The van der Waals surface area contributed by atoms with Crippen molar-refractivity contribution in [3.05, 3.63) is 64.7 Å². The molecule has 3 fully saturated rings. The van der Waals surface area contributed by atoms with Gasteiger partial charge in [-0.25, -0.2) is 0 Å². The molecule has 4 aliphatic rings. The number of rotatable bonds is 4. The lowest BCUT2D eigenvalue weighted by molar-refractivity contribution is -0.139. The minimum absolute atomic E-state index is 0.0211. The summed E-state index contributed by atoms with van der Waals surface area (Å²) in [6, 6.07) is 10.8. The van der Waals surface area contributed by atoms with Gasteiger partial charge in [-0.15, -0.1) is 0 Å². The number of hydrogen-bond acceptors (Lipinski definition) is 5. The van der Waals surface area contributed by atoms with Crippen molar-refractivity contribution in [2.24, 2.45) is 0 Å². The monoisotopic (exact) mass is 543 g/mol. The number of carbonyl (C=O) groups excluding carboxylic acids is 3. The van der Waals surface area contributed by atoms with Crippen molar-refractivity contribution in [3.8, 4) is 5.75 Å². The van der Waals surface area contributed by atoms with E-state index in [9.17, 15) is 27.6 Å². The number of benzene rings is 2. The van der Waals surface area contributed by atoms with Gasteiger partial charge in [-0.2, -0.15) is 13.2 Å². The molecular formula is C29H32F3N3O4. The van der Waals surface area contributed by atoms with E-state index in [1.807, 2.05) is 12.1 Å². The van der Waals surface area contributed by atoms with Crippen LogP contribution in [0.25, 0.3) is 0 Å². The van der Waals surface area contributed by atoms with Crippen molar-refractivity contribution in [1.82, 2.24) is 15.5 Å². The third-order valence-corrected chi connectivity index (χ3v) is 7.84. The Labute approximate surface area is 225 Å². The number of nitrogens with one attached hydrogen (secondary N) is 2. The Morgan fingerprint density at radius 3 is 2.33 bits per heavy atom. The maximum absolute atomic E-state index is 12.6. The SMILES string of the molecule is FC(F)(F)c1ccccc1C1CNC1.O=C1CCC(N2Cc3cc(OC4CCCCC4)ccc3C2=O)C(=O)N1. The zero-order chi connectivity index (χ0) is 27.6. The molecule has 2 N–H and O–H groups in total. The molecule has 3 amide bonds. The number of nitrogens with zero attached hydrogens (tertiary/aromatic N) is 1. The Bertz CT molecular complexity index is 1240. The molecule has 208 valence electrons. The lowest BCUT2D eigenvalue weighted by atomic mass is 9.89. The van der Waals surface area contributed by atoms with Crippen molar-refractivity contribution in [2.45, 2.75) is 75.7 Å². The van der Waals surface area contributed by atoms with E-state index in [4.69, 9.17) is 4.74 Å². The van der Waals surface area contributed by atoms with Crippen LogP contribution in [-0.2, 0) is 22.3 Å². The number of alkyl halides is 3. The number of imide groups is 1. The molecule has 2 saturated heterocycles. The third-order valence-electron chi connectivity index (χ3n) is 7.84. The molecule has 0 radical (unpaired) electrons. The van der Waals surface area contributed by atoms with Crippen LogP contribution in [-0.4, -0.2) is 47.9 Å². The maximum Gasteiger partial charge on any atom is 0.416 e. The molecule has 2 aromatic carbocycles. The highest BCUT2D eigenvalue weighted by atomic mass is 19.4. The molecule has 1 unspecified atom stereocenters. The number of halogens is 3. The highest BCUT2D eigenvalue weighted by Crippen LogP contribution is 2.36. The molecule has 3 heterocycles. The quantitative estimate of drug-likeness (QED) is 0.553. The molecule has 7 nitrogen and oxygen atoms in total. The average molecular weight is 544 g/mol. The van der Waals surface area contributed by atoms with Crippen LogP contribution in [0, 0.1) is 0 Å². The molecule has 39 heavy (non-hydrogen) atoms. The van der Waals surface area contributed by atoms with Crippen molar-refractivity contribution in [2.75, 3.05) is 13.1 Å². The molecule has 0 spiro atoms. The molecule has 1 saturated carbocycles. The summed E-state index contributed by atoms with van der Waals surface area (Å²) in [5.41, 5.74) is 1.44. The van der Waals surface area contributed by atoms with Crippen LogP contribution in [0.5, 0.6) is 5.75 Å². The van der Waals surface area contributed by atoms with Crippen LogP contribution < -0.4 is 15.4 Å². The van der Waals surface area contributed by atoms with Gasteiger partial charge in [-0.1, -0.05) is 24.6 Å². The van der Waals surface area contributed by atoms with Crippen molar-refractivity contribution in [3.63, 3.8) is 0 Å². The van der Waals surface area contributed by atoms with Gasteiger partial charge in [0.25, 0.3) is 5.91 Å². The van der Waals surface area contributed by atoms with E-state index >= 15 is 0 Å². The van der Waals surface area contributed by atoms with E-state index in [-0.39, 0.29) is 36.2 Å². The zero-order valence-electron chi connectivity index (χ0n) is 21.6. The fourth-order valence-electron chi connectivity index (χ4n) is 5.62. The summed E-state index contributed by atoms with van der Waals surface area (Å²) in [7, 11) is 0. The van der Waals surface area contributed by atoms with Gasteiger partial charge in [-0.05, 0) is 67.5 Å². The molecule has 2 aromatic rings. The van der Waals surface area contributed by atoms with Gasteiger partial charge in [0.2, 0.25) is 11.8 Å². The third kappa shape index (κ3) is 6.11. The Hall–Kier alpha value is -3.40. The van der Waals surface area contributed by atoms with Gasteiger partial charge in [0, 0.05) is 37.5 Å². The van der Waals surface area contributed by atoms with Crippen molar-refractivity contribution < 1.29 is 32.3 Å². The fourth-order valence-corrected chi connectivity index (χ4v) is 5.62. The van der Waals surface area contributed by atoms with Crippen LogP contribution in [0.15, 0.2) is 42.5 Å². The molecule has 1 aliphatic carbocycles. The first-order chi connectivity index (χ1) is 18.7. The number of amides is 3. The van der Waals surface area contributed by atoms with Gasteiger partial charge < -0.3 is 15.0 Å². The molecule has 10 heteroatoms. The summed E-state index contributed by atoms with van der Waals surface area (Å²) in [6.45, 7) is 1.68. The number of fused-ring (bicyclic) bond motifs is 1. The topological polar surface area (TPSA) is 87.7 Å². The van der Waals surface area contributed by atoms with Gasteiger partial charge in [0.05, 0.1) is 11.7 Å². The minimum Gasteiger partial charge on any atom is -0.490 e. The van der Waals surface area contributed by atoms with E-state index in [1.54, 1.807) is 23.1 Å².